The lowest BCUT2D eigenvalue weighted by atomic mass is 9.88. The normalized spacial score (nSPS) is 26.3. The molecule has 0 saturated heterocycles. The van der Waals surface area contributed by atoms with Crippen LogP contribution in [0, 0.1) is 5.92 Å². The maximum Gasteiger partial charge on any atom is 0.119 e. The van der Waals surface area contributed by atoms with Crippen molar-refractivity contribution in [3.8, 4) is 5.75 Å². The molecule has 0 heterocycles. The van der Waals surface area contributed by atoms with Gasteiger partial charge in [0.25, 0.3) is 0 Å². The highest BCUT2D eigenvalue weighted by molar-refractivity contribution is 6.30. The van der Waals surface area contributed by atoms with Gasteiger partial charge in [0.1, 0.15) is 11.9 Å². The minimum atomic E-state index is 0.389. The van der Waals surface area contributed by atoms with E-state index in [4.69, 9.17) is 16.3 Å². The molecule has 0 amide bonds. The summed E-state index contributed by atoms with van der Waals surface area (Å²) in [5.41, 5.74) is 0. The summed E-state index contributed by atoms with van der Waals surface area (Å²) in [5, 5.41) is 0.763. The zero-order valence-corrected chi connectivity index (χ0v) is 9.83. The summed E-state index contributed by atoms with van der Waals surface area (Å²) < 4.78 is 5.96. The van der Waals surface area contributed by atoms with Gasteiger partial charge in [-0.05, 0) is 49.4 Å². The summed E-state index contributed by atoms with van der Waals surface area (Å²) in [6, 6.07) is 7.65. The number of hydrogen-bond acceptors (Lipinski definition) is 1. The summed E-state index contributed by atoms with van der Waals surface area (Å²) in [6.45, 7) is 2.28. The fourth-order valence-electron chi connectivity index (χ4n) is 2.15. The van der Waals surface area contributed by atoms with E-state index in [9.17, 15) is 0 Å². The van der Waals surface area contributed by atoms with Crippen LogP contribution in [0.3, 0.4) is 0 Å². The minimum absolute atomic E-state index is 0.389. The molecule has 1 nitrogen and oxygen atoms in total. The van der Waals surface area contributed by atoms with E-state index >= 15 is 0 Å². The quantitative estimate of drug-likeness (QED) is 0.728. The zero-order valence-electron chi connectivity index (χ0n) is 9.08. The van der Waals surface area contributed by atoms with Crippen molar-refractivity contribution in [1.29, 1.82) is 0 Å². The lowest BCUT2D eigenvalue weighted by Crippen LogP contribution is -2.28. The third-order valence-corrected chi connectivity index (χ3v) is 3.39. The molecule has 0 aliphatic heterocycles. The highest BCUT2D eigenvalue weighted by Crippen LogP contribution is 2.28. The van der Waals surface area contributed by atoms with Crippen molar-refractivity contribution in [2.75, 3.05) is 0 Å². The summed E-state index contributed by atoms with van der Waals surface area (Å²) in [4.78, 5) is 0. The first-order chi connectivity index (χ1) is 7.25. The molecule has 2 heteroatoms. The fourth-order valence-corrected chi connectivity index (χ4v) is 2.27. The Hall–Kier alpha value is -0.690. The van der Waals surface area contributed by atoms with Crippen LogP contribution in [0.5, 0.6) is 5.75 Å². The van der Waals surface area contributed by atoms with Gasteiger partial charge < -0.3 is 4.74 Å². The van der Waals surface area contributed by atoms with E-state index in [0.717, 1.165) is 10.8 Å². The van der Waals surface area contributed by atoms with Gasteiger partial charge in [-0.1, -0.05) is 24.9 Å². The topological polar surface area (TPSA) is 9.23 Å². The van der Waals surface area contributed by atoms with Crippen LogP contribution in [0.4, 0.5) is 0 Å². The van der Waals surface area contributed by atoms with Crippen molar-refractivity contribution >= 4 is 11.6 Å². The SMILES string of the molecule is CC1CCCCC1Oc1ccc(Cl)cc1. The summed E-state index contributed by atoms with van der Waals surface area (Å²) in [6.07, 6.45) is 5.51. The van der Waals surface area contributed by atoms with Gasteiger partial charge in [-0.2, -0.15) is 0 Å². The molecule has 1 fully saturated rings. The van der Waals surface area contributed by atoms with Gasteiger partial charge in [0.2, 0.25) is 0 Å². The number of halogens is 1. The predicted octanol–water partition coefficient (Wildman–Crippen LogP) is 4.30. The molecule has 1 aromatic rings. The van der Waals surface area contributed by atoms with Crippen LogP contribution >= 0.6 is 11.6 Å². The van der Waals surface area contributed by atoms with Crippen LogP contribution in [0.1, 0.15) is 32.6 Å². The zero-order chi connectivity index (χ0) is 10.7. The Bertz CT molecular complexity index is 307. The Labute approximate surface area is 96.4 Å². The molecule has 2 rings (SSSR count). The van der Waals surface area contributed by atoms with Gasteiger partial charge in [0.15, 0.2) is 0 Å². The Morgan fingerprint density at radius 3 is 2.47 bits per heavy atom. The summed E-state index contributed by atoms with van der Waals surface area (Å²) >= 11 is 5.83. The van der Waals surface area contributed by atoms with Gasteiger partial charge >= 0.3 is 0 Å². The number of rotatable bonds is 2. The number of hydrogen-bond donors (Lipinski definition) is 0. The van der Waals surface area contributed by atoms with Crippen LogP contribution in [0.2, 0.25) is 5.02 Å². The molecule has 0 aromatic heterocycles. The average molecular weight is 225 g/mol. The number of benzene rings is 1. The lowest BCUT2D eigenvalue weighted by molar-refractivity contribution is 0.102. The van der Waals surface area contributed by atoms with Gasteiger partial charge in [-0.3, -0.25) is 0 Å². The standard InChI is InChI=1S/C13H17ClO/c1-10-4-2-3-5-13(10)15-12-8-6-11(14)7-9-12/h6-10,13H,2-5H2,1H3. The molecule has 1 saturated carbocycles. The molecular formula is C13H17ClO. The van der Waals surface area contributed by atoms with E-state index in [2.05, 4.69) is 6.92 Å². The second kappa shape index (κ2) is 4.89. The molecule has 2 atom stereocenters. The highest BCUT2D eigenvalue weighted by atomic mass is 35.5. The van der Waals surface area contributed by atoms with E-state index in [1.807, 2.05) is 24.3 Å². The monoisotopic (exact) mass is 224 g/mol. The van der Waals surface area contributed by atoms with Crippen LogP contribution in [-0.2, 0) is 0 Å². The largest absolute Gasteiger partial charge is 0.490 e. The third kappa shape index (κ3) is 2.88. The Kier molecular flexibility index (Phi) is 3.53. The van der Waals surface area contributed by atoms with Crippen LogP contribution in [-0.4, -0.2) is 6.10 Å². The van der Waals surface area contributed by atoms with Crippen molar-refractivity contribution in [3.63, 3.8) is 0 Å². The molecule has 1 aliphatic carbocycles. The Morgan fingerprint density at radius 1 is 1.13 bits per heavy atom. The number of ether oxygens (including phenoxy) is 1. The van der Waals surface area contributed by atoms with Crippen molar-refractivity contribution in [1.82, 2.24) is 0 Å². The van der Waals surface area contributed by atoms with Crippen molar-refractivity contribution in [2.24, 2.45) is 5.92 Å². The summed E-state index contributed by atoms with van der Waals surface area (Å²) in [7, 11) is 0. The third-order valence-electron chi connectivity index (χ3n) is 3.13. The molecule has 15 heavy (non-hydrogen) atoms. The maximum absolute atomic E-state index is 5.96. The molecule has 0 N–H and O–H groups in total. The van der Waals surface area contributed by atoms with Crippen LogP contribution in [0.25, 0.3) is 0 Å². The van der Waals surface area contributed by atoms with E-state index in [0.29, 0.717) is 12.0 Å². The molecule has 82 valence electrons. The van der Waals surface area contributed by atoms with Gasteiger partial charge in [0.05, 0.1) is 0 Å². The Balaban J connectivity index is 1.98. The van der Waals surface area contributed by atoms with Crippen molar-refractivity contribution < 1.29 is 4.74 Å². The van der Waals surface area contributed by atoms with E-state index < -0.39 is 0 Å². The smallest absolute Gasteiger partial charge is 0.119 e. The maximum atomic E-state index is 5.96. The first-order valence-electron chi connectivity index (χ1n) is 5.68. The second-order valence-corrected chi connectivity index (χ2v) is 4.81. The second-order valence-electron chi connectivity index (χ2n) is 4.37. The molecule has 0 spiro atoms. The van der Waals surface area contributed by atoms with E-state index in [1.54, 1.807) is 0 Å². The van der Waals surface area contributed by atoms with Gasteiger partial charge in [-0.25, -0.2) is 0 Å². The van der Waals surface area contributed by atoms with Crippen molar-refractivity contribution in [3.05, 3.63) is 29.3 Å². The molecule has 1 aromatic carbocycles. The molecule has 0 bridgehead atoms. The van der Waals surface area contributed by atoms with E-state index in [1.165, 1.54) is 25.7 Å². The Morgan fingerprint density at radius 2 is 1.80 bits per heavy atom. The van der Waals surface area contributed by atoms with Gasteiger partial charge in [0, 0.05) is 5.02 Å². The molecular weight excluding hydrogens is 208 g/mol. The van der Waals surface area contributed by atoms with Gasteiger partial charge in [-0.15, -0.1) is 0 Å². The predicted molar refractivity (Wildman–Crippen MR) is 63.5 cm³/mol. The summed E-state index contributed by atoms with van der Waals surface area (Å²) in [5.74, 6) is 1.62. The molecule has 2 unspecified atom stereocenters. The minimum Gasteiger partial charge on any atom is -0.490 e. The highest BCUT2D eigenvalue weighted by Gasteiger charge is 2.22. The van der Waals surface area contributed by atoms with Crippen LogP contribution in [0.15, 0.2) is 24.3 Å². The molecule has 1 aliphatic rings. The van der Waals surface area contributed by atoms with Crippen LogP contribution < -0.4 is 4.74 Å². The lowest BCUT2D eigenvalue weighted by Gasteiger charge is -2.29. The first kappa shape index (κ1) is 10.8. The van der Waals surface area contributed by atoms with Crippen molar-refractivity contribution in [2.45, 2.75) is 38.7 Å². The average Bonchev–Trinajstić information content (AvgIpc) is 2.25. The van der Waals surface area contributed by atoms with E-state index in [-0.39, 0.29) is 0 Å². The molecule has 0 radical (unpaired) electrons. The fraction of sp³-hybridized carbons (Fsp3) is 0.538. The first-order valence-corrected chi connectivity index (χ1v) is 6.06.